The van der Waals surface area contributed by atoms with E-state index in [2.05, 4.69) is 9.97 Å². The van der Waals surface area contributed by atoms with Crippen molar-refractivity contribution >= 4 is 5.95 Å². The fourth-order valence-electron chi connectivity index (χ4n) is 2.76. The third-order valence-corrected chi connectivity index (χ3v) is 4.11. The Morgan fingerprint density at radius 2 is 1.07 bits per heavy atom. The quantitative estimate of drug-likeness (QED) is 0.714. The van der Waals surface area contributed by atoms with Gasteiger partial charge in [-0.3, -0.25) is 0 Å². The summed E-state index contributed by atoms with van der Waals surface area (Å²) in [4.78, 5) is 8.73. The van der Waals surface area contributed by atoms with Gasteiger partial charge in [-0.15, -0.1) is 0 Å². The molecule has 0 atom stereocenters. The molecule has 7 heteroatoms. The van der Waals surface area contributed by atoms with Crippen LogP contribution in [0.25, 0.3) is 22.5 Å². The summed E-state index contributed by atoms with van der Waals surface area (Å²) in [5.41, 5.74) is 8.80. The van der Waals surface area contributed by atoms with E-state index in [1.54, 1.807) is 40.6 Å². The highest BCUT2D eigenvalue weighted by Crippen LogP contribution is 2.37. The zero-order valence-corrected chi connectivity index (χ0v) is 15.6. The van der Waals surface area contributed by atoms with Gasteiger partial charge in [-0.1, -0.05) is 0 Å². The molecular weight excluding hydrogens is 346 g/mol. The molecule has 0 bridgehead atoms. The molecule has 0 saturated carbocycles. The van der Waals surface area contributed by atoms with Crippen molar-refractivity contribution in [2.75, 3.05) is 34.2 Å². The maximum absolute atomic E-state index is 5.98. The molecule has 0 aliphatic rings. The summed E-state index contributed by atoms with van der Waals surface area (Å²) >= 11 is 0. The second-order valence-electron chi connectivity index (χ2n) is 5.63. The van der Waals surface area contributed by atoms with Gasteiger partial charge in [0.25, 0.3) is 0 Å². The zero-order valence-electron chi connectivity index (χ0n) is 15.6. The summed E-state index contributed by atoms with van der Waals surface area (Å²) in [5, 5.41) is 0. The van der Waals surface area contributed by atoms with Crippen LogP contribution in [0.1, 0.15) is 0 Å². The van der Waals surface area contributed by atoms with Crippen LogP contribution >= 0.6 is 0 Å². The minimum absolute atomic E-state index is 0.151. The third-order valence-electron chi connectivity index (χ3n) is 4.11. The van der Waals surface area contributed by atoms with Crippen molar-refractivity contribution in [2.24, 2.45) is 0 Å². The molecule has 0 fully saturated rings. The summed E-state index contributed by atoms with van der Waals surface area (Å²) in [5.74, 6) is 2.78. The number of benzene rings is 2. The molecule has 3 rings (SSSR count). The first-order valence-electron chi connectivity index (χ1n) is 8.19. The SMILES string of the molecule is COc1ccc(-c2cc(-c3ccc(OC)cc3OC)nc(N)n2)c(OC)c1. The lowest BCUT2D eigenvalue weighted by Crippen LogP contribution is -2.01. The molecule has 1 heterocycles. The molecule has 0 spiro atoms. The van der Waals surface area contributed by atoms with Gasteiger partial charge < -0.3 is 24.7 Å². The lowest BCUT2D eigenvalue weighted by atomic mass is 10.1. The summed E-state index contributed by atoms with van der Waals surface area (Å²) in [6.07, 6.45) is 0. The smallest absolute Gasteiger partial charge is 0.221 e. The van der Waals surface area contributed by atoms with Crippen LogP contribution in [-0.2, 0) is 0 Å². The van der Waals surface area contributed by atoms with Crippen LogP contribution in [0.15, 0.2) is 42.5 Å². The van der Waals surface area contributed by atoms with Crippen molar-refractivity contribution in [3.8, 4) is 45.5 Å². The topological polar surface area (TPSA) is 88.7 Å². The fraction of sp³-hybridized carbons (Fsp3) is 0.200. The number of nitrogens with two attached hydrogens (primary N) is 1. The van der Waals surface area contributed by atoms with Crippen molar-refractivity contribution in [2.45, 2.75) is 0 Å². The van der Waals surface area contributed by atoms with E-state index in [1.807, 2.05) is 30.3 Å². The first-order chi connectivity index (χ1) is 13.1. The van der Waals surface area contributed by atoms with Crippen LogP contribution in [0.3, 0.4) is 0 Å². The Kier molecular flexibility index (Phi) is 5.30. The Hall–Kier alpha value is -3.48. The number of methoxy groups -OCH3 is 4. The predicted molar refractivity (Wildman–Crippen MR) is 104 cm³/mol. The van der Waals surface area contributed by atoms with E-state index in [0.717, 1.165) is 11.1 Å². The Morgan fingerprint density at radius 3 is 1.44 bits per heavy atom. The van der Waals surface area contributed by atoms with Crippen molar-refractivity contribution in [3.05, 3.63) is 42.5 Å². The first kappa shape index (κ1) is 18.3. The van der Waals surface area contributed by atoms with Crippen LogP contribution in [-0.4, -0.2) is 38.4 Å². The highest BCUT2D eigenvalue weighted by molar-refractivity contribution is 5.76. The number of anilines is 1. The fourth-order valence-corrected chi connectivity index (χ4v) is 2.76. The molecule has 0 aliphatic heterocycles. The van der Waals surface area contributed by atoms with Crippen LogP contribution < -0.4 is 24.7 Å². The number of nitrogen functional groups attached to an aromatic ring is 1. The summed E-state index contributed by atoms with van der Waals surface area (Å²) in [6.45, 7) is 0. The second kappa shape index (κ2) is 7.82. The Bertz CT molecular complexity index is 886. The maximum atomic E-state index is 5.98. The van der Waals surface area contributed by atoms with E-state index in [4.69, 9.17) is 24.7 Å². The zero-order chi connectivity index (χ0) is 19.4. The predicted octanol–water partition coefficient (Wildman–Crippen LogP) is 3.43. The molecule has 7 nitrogen and oxygen atoms in total. The molecular formula is C20H21N3O4. The molecule has 2 aromatic carbocycles. The standard InChI is InChI=1S/C20H21N3O4/c1-24-12-5-7-14(18(9-12)26-3)16-11-17(23-20(21)22-16)15-8-6-13(25-2)10-19(15)27-4/h5-11H,1-4H3,(H2,21,22,23). The number of ether oxygens (including phenoxy) is 4. The van der Waals surface area contributed by atoms with Gasteiger partial charge >= 0.3 is 0 Å². The van der Waals surface area contributed by atoms with Gasteiger partial charge in [-0.05, 0) is 30.3 Å². The van der Waals surface area contributed by atoms with Crippen LogP contribution in [0.5, 0.6) is 23.0 Å². The third kappa shape index (κ3) is 3.72. The number of hydrogen-bond acceptors (Lipinski definition) is 7. The number of aromatic nitrogens is 2. The van der Waals surface area contributed by atoms with E-state index in [1.165, 1.54) is 0 Å². The molecule has 2 N–H and O–H groups in total. The first-order valence-corrected chi connectivity index (χ1v) is 8.19. The van der Waals surface area contributed by atoms with Crippen LogP contribution in [0, 0.1) is 0 Å². The van der Waals surface area contributed by atoms with Crippen molar-refractivity contribution in [3.63, 3.8) is 0 Å². The lowest BCUT2D eigenvalue weighted by molar-refractivity contribution is 0.395. The van der Waals surface area contributed by atoms with Gasteiger partial charge in [-0.25, -0.2) is 9.97 Å². The highest BCUT2D eigenvalue weighted by atomic mass is 16.5. The average molecular weight is 367 g/mol. The molecule has 0 unspecified atom stereocenters. The van der Waals surface area contributed by atoms with Gasteiger partial charge in [0.2, 0.25) is 5.95 Å². The summed E-state index contributed by atoms with van der Waals surface area (Å²) < 4.78 is 21.5. The van der Waals surface area contributed by atoms with Gasteiger partial charge in [0.05, 0.1) is 39.8 Å². The molecule has 140 valence electrons. The molecule has 0 aliphatic carbocycles. The van der Waals surface area contributed by atoms with Crippen molar-refractivity contribution in [1.82, 2.24) is 9.97 Å². The van der Waals surface area contributed by atoms with Gasteiger partial charge in [0.1, 0.15) is 23.0 Å². The van der Waals surface area contributed by atoms with Crippen molar-refractivity contribution < 1.29 is 18.9 Å². The molecule has 0 amide bonds. The number of rotatable bonds is 6. The second-order valence-corrected chi connectivity index (χ2v) is 5.63. The molecule has 0 saturated heterocycles. The summed E-state index contributed by atoms with van der Waals surface area (Å²) in [7, 11) is 6.39. The van der Waals surface area contributed by atoms with Crippen LogP contribution in [0.4, 0.5) is 5.95 Å². The monoisotopic (exact) mass is 367 g/mol. The summed E-state index contributed by atoms with van der Waals surface area (Å²) in [6, 6.07) is 12.8. The van der Waals surface area contributed by atoms with Gasteiger partial charge in [0, 0.05) is 23.3 Å². The highest BCUT2D eigenvalue weighted by Gasteiger charge is 2.15. The normalized spacial score (nSPS) is 10.4. The molecule has 1 aromatic heterocycles. The Labute approximate surface area is 157 Å². The number of hydrogen-bond donors (Lipinski definition) is 1. The molecule has 27 heavy (non-hydrogen) atoms. The Balaban J connectivity index is 2.14. The average Bonchev–Trinajstić information content (AvgIpc) is 2.72. The van der Waals surface area contributed by atoms with Crippen molar-refractivity contribution in [1.29, 1.82) is 0 Å². The van der Waals surface area contributed by atoms with E-state index in [-0.39, 0.29) is 5.95 Å². The van der Waals surface area contributed by atoms with Crippen LogP contribution in [0.2, 0.25) is 0 Å². The molecule has 0 radical (unpaired) electrons. The van der Waals surface area contributed by atoms with Gasteiger partial charge in [0.15, 0.2) is 0 Å². The van der Waals surface area contributed by atoms with E-state index in [0.29, 0.717) is 34.4 Å². The number of nitrogens with zero attached hydrogens (tertiary/aromatic N) is 2. The minimum atomic E-state index is 0.151. The van der Waals surface area contributed by atoms with E-state index >= 15 is 0 Å². The lowest BCUT2D eigenvalue weighted by Gasteiger charge is -2.13. The largest absolute Gasteiger partial charge is 0.497 e. The van der Waals surface area contributed by atoms with E-state index < -0.39 is 0 Å². The van der Waals surface area contributed by atoms with Gasteiger partial charge in [-0.2, -0.15) is 0 Å². The maximum Gasteiger partial charge on any atom is 0.221 e. The minimum Gasteiger partial charge on any atom is -0.497 e. The molecule has 3 aromatic rings. The Morgan fingerprint density at radius 1 is 0.630 bits per heavy atom. The van der Waals surface area contributed by atoms with E-state index in [9.17, 15) is 0 Å².